The molecule has 0 bridgehead atoms. The molecule has 1 saturated heterocycles. The van der Waals surface area contributed by atoms with E-state index in [1.807, 2.05) is 0 Å². The molecule has 0 atom stereocenters. The summed E-state index contributed by atoms with van der Waals surface area (Å²) in [6.07, 6.45) is 3.60. The van der Waals surface area contributed by atoms with Gasteiger partial charge in [-0.25, -0.2) is 8.78 Å². The fourth-order valence-corrected chi connectivity index (χ4v) is 2.30. The van der Waals surface area contributed by atoms with Gasteiger partial charge in [-0.15, -0.1) is 0 Å². The third-order valence-electron chi connectivity index (χ3n) is 3.34. The van der Waals surface area contributed by atoms with E-state index in [2.05, 4.69) is 4.90 Å². The zero-order valence-electron chi connectivity index (χ0n) is 10.9. The Hall–Kier alpha value is -1.20. The van der Waals surface area contributed by atoms with Crippen molar-refractivity contribution < 1.29 is 18.6 Å². The van der Waals surface area contributed by atoms with Gasteiger partial charge in [-0.1, -0.05) is 6.42 Å². The first-order valence-corrected chi connectivity index (χ1v) is 6.64. The third kappa shape index (κ3) is 3.88. The van der Waals surface area contributed by atoms with Crippen molar-refractivity contribution in [2.75, 3.05) is 26.2 Å². The highest BCUT2D eigenvalue weighted by molar-refractivity contribution is 5.31. The number of hydrogen-bond acceptors (Lipinski definition) is 3. The second-order valence-corrected chi connectivity index (χ2v) is 4.80. The van der Waals surface area contributed by atoms with Gasteiger partial charge in [-0.05, 0) is 43.6 Å². The van der Waals surface area contributed by atoms with E-state index >= 15 is 0 Å². The number of likely N-dealkylation sites (tertiary alicyclic amines) is 1. The first-order chi connectivity index (χ1) is 9.20. The van der Waals surface area contributed by atoms with Crippen LogP contribution in [0, 0.1) is 11.6 Å². The summed E-state index contributed by atoms with van der Waals surface area (Å²) in [6, 6.07) is 2.19. The Balaban J connectivity index is 1.88. The van der Waals surface area contributed by atoms with Gasteiger partial charge in [0, 0.05) is 6.54 Å². The molecule has 1 N–H and O–H groups in total. The lowest BCUT2D eigenvalue weighted by Gasteiger charge is -2.26. The number of aliphatic hydroxyl groups is 1. The average Bonchev–Trinajstić information content (AvgIpc) is 2.42. The standard InChI is InChI=1S/C14H19F2NO2/c15-12-8-11(10-18)9-13(16)14(12)19-7-6-17-4-2-1-3-5-17/h8-9,18H,1-7,10H2. The van der Waals surface area contributed by atoms with Crippen molar-refractivity contribution in [2.45, 2.75) is 25.9 Å². The summed E-state index contributed by atoms with van der Waals surface area (Å²) >= 11 is 0. The van der Waals surface area contributed by atoms with Crippen molar-refractivity contribution in [1.29, 1.82) is 0 Å². The molecule has 0 radical (unpaired) electrons. The van der Waals surface area contributed by atoms with Gasteiger partial charge < -0.3 is 9.84 Å². The Morgan fingerprint density at radius 3 is 2.32 bits per heavy atom. The van der Waals surface area contributed by atoms with Gasteiger partial charge in [0.2, 0.25) is 0 Å². The van der Waals surface area contributed by atoms with E-state index < -0.39 is 11.6 Å². The van der Waals surface area contributed by atoms with Crippen molar-refractivity contribution in [3.63, 3.8) is 0 Å². The molecular weight excluding hydrogens is 252 g/mol. The van der Waals surface area contributed by atoms with E-state index in [0.717, 1.165) is 25.2 Å². The number of benzene rings is 1. The monoisotopic (exact) mass is 271 g/mol. The van der Waals surface area contributed by atoms with Crippen LogP contribution in [-0.2, 0) is 6.61 Å². The molecule has 0 aromatic heterocycles. The highest BCUT2D eigenvalue weighted by Gasteiger charge is 2.14. The van der Waals surface area contributed by atoms with Gasteiger partial charge in [0.25, 0.3) is 0 Å². The second kappa shape index (κ2) is 6.82. The number of nitrogens with zero attached hydrogens (tertiary/aromatic N) is 1. The molecule has 1 aromatic carbocycles. The van der Waals surface area contributed by atoms with Crippen LogP contribution in [0.1, 0.15) is 24.8 Å². The van der Waals surface area contributed by atoms with E-state index in [9.17, 15) is 8.78 Å². The molecule has 1 aliphatic rings. The topological polar surface area (TPSA) is 32.7 Å². The molecule has 3 nitrogen and oxygen atoms in total. The van der Waals surface area contributed by atoms with Crippen molar-refractivity contribution >= 4 is 0 Å². The molecule has 0 saturated carbocycles. The van der Waals surface area contributed by atoms with Gasteiger partial charge in [0.15, 0.2) is 17.4 Å². The van der Waals surface area contributed by atoms with Crippen LogP contribution in [-0.4, -0.2) is 36.2 Å². The first kappa shape index (κ1) is 14.2. The molecule has 0 amide bonds. The molecule has 1 fully saturated rings. The molecule has 5 heteroatoms. The van der Waals surface area contributed by atoms with Gasteiger partial charge in [0.1, 0.15) is 6.61 Å². The Morgan fingerprint density at radius 2 is 1.74 bits per heavy atom. The highest BCUT2D eigenvalue weighted by Crippen LogP contribution is 2.23. The smallest absolute Gasteiger partial charge is 0.190 e. The summed E-state index contributed by atoms with van der Waals surface area (Å²) in [4.78, 5) is 2.24. The third-order valence-corrected chi connectivity index (χ3v) is 3.34. The normalized spacial score (nSPS) is 16.6. The summed E-state index contributed by atoms with van der Waals surface area (Å²) in [7, 11) is 0. The van der Waals surface area contributed by atoms with E-state index in [4.69, 9.17) is 9.84 Å². The van der Waals surface area contributed by atoms with Gasteiger partial charge in [-0.3, -0.25) is 4.90 Å². The lowest BCUT2D eigenvalue weighted by molar-refractivity contribution is 0.177. The lowest BCUT2D eigenvalue weighted by atomic mass is 10.1. The van der Waals surface area contributed by atoms with Crippen LogP contribution >= 0.6 is 0 Å². The molecule has 0 unspecified atom stereocenters. The SMILES string of the molecule is OCc1cc(F)c(OCCN2CCCCC2)c(F)c1. The summed E-state index contributed by atoms with van der Waals surface area (Å²) < 4.78 is 32.3. The summed E-state index contributed by atoms with van der Waals surface area (Å²) in [6.45, 7) is 2.62. The molecule has 0 aliphatic carbocycles. The zero-order chi connectivity index (χ0) is 13.7. The van der Waals surface area contributed by atoms with Crippen LogP contribution in [0.5, 0.6) is 5.75 Å². The number of halogens is 2. The number of hydrogen-bond donors (Lipinski definition) is 1. The van der Waals surface area contributed by atoms with E-state index in [1.165, 1.54) is 19.3 Å². The molecule has 2 rings (SSSR count). The van der Waals surface area contributed by atoms with Crippen LogP contribution in [0.3, 0.4) is 0 Å². The summed E-state index contributed by atoms with van der Waals surface area (Å²) in [5.41, 5.74) is 0.207. The minimum Gasteiger partial charge on any atom is -0.486 e. The van der Waals surface area contributed by atoms with Gasteiger partial charge in [0.05, 0.1) is 6.61 Å². The lowest BCUT2D eigenvalue weighted by Crippen LogP contribution is -2.33. The van der Waals surface area contributed by atoms with Gasteiger partial charge >= 0.3 is 0 Å². The van der Waals surface area contributed by atoms with Crippen molar-refractivity contribution in [1.82, 2.24) is 4.90 Å². The van der Waals surface area contributed by atoms with Crippen LogP contribution in [0.15, 0.2) is 12.1 Å². The summed E-state index contributed by atoms with van der Waals surface area (Å²) in [5.74, 6) is -1.88. The minimum atomic E-state index is -0.761. The maximum atomic E-state index is 13.6. The number of aliphatic hydroxyl groups excluding tert-OH is 1. The minimum absolute atomic E-state index is 0.207. The maximum absolute atomic E-state index is 13.6. The van der Waals surface area contributed by atoms with Crippen LogP contribution in [0.2, 0.25) is 0 Å². The average molecular weight is 271 g/mol. The molecule has 19 heavy (non-hydrogen) atoms. The largest absolute Gasteiger partial charge is 0.486 e. The predicted octanol–water partition coefficient (Wildman–Crippen LogP) is 2.32. The predicted molar refractivity (Wildman–Crippen MR) is 68.1 cm³/mol. The number of ether oxygens (including phenoxy) is 1. The van der Waals surface area contributed by atoms with Gasteiger partial charge in [-0.2, -0.15) is 0 Å². The molecular formula is C14H19F2NO2. The molecule has 1 aromatic rings. The maximum Gasteiger partial charge on any atom is 0.190 e. The fourth-order valence-electron chi connectivity index (χ4n) is 2.30. The van der Waals surface area contributed by atoms with E-state index in [-0.39, 0.29) is 24.5 Å². The molecule has 1 aliphatic heterocycles. The Bertz CT molecular complexity index is 397. The highest BCUT2D eigenvalue weighted by atomic mass is 19.1. The Kier molecular flexibility index (Phi) is 5.10. The first-order valence-electron chi connectivity index (χ1n) is 6.64. The van der Waals surface area contributed by atoms with Crippen molar-refractivity contribution in [2.24, 2.45) is 0 Å². The second-order valence-electron chi connectivity index (χ2n) is 4.80. The Morgan fingerprint density at radius 1 is 1.11 bits per heavy atom. The Labute approximate surface area is 111 Å². The van der Waals surface area contributed by atoms with E-state index in [1.54, 1.807) is 0 Å². The quantitative estimate of drug-likeness (QED) is 0.892. The van der Waals surface area contributed by atoms with Crippen LogP contribution in [0.4, 0.5) is 8.78 Å². The molecule has 0 spiro atoms. The fraction of sp³-hybridized carbons (Fsp3) is 0.571. The zero-order valence-corrected chi connectivity index (χ0v) is 10.9. The number of piperidine rings is 1. The molecule has 106 valence electrons. The van der Waals surface area contributed by atoms with Crippen LogP contribution < -0.4 is 4.74 Å². The van der Waals surface area contributed by atoms with Crippen molar-refractivity contribution in [3.8, 4) is 5.75 Å². The summed E-state index contributed by atoms with van der Waals surface area (Å²) in [5, 5.41) is 8.84. The molecule has 1 heterocycles. The van der Waals surface area contributed by atoms with Crippen LogP contribution in [0.25, 0.3) is 0 Å². The van der Waals surface area contributed by atoms with E-state index in [0.29, 0.717) is 6.54 Å². The number of rotatable bonds is 5. The van der Waals surface area contributed by atoms with Crippen molar-refractivity contribution in [3.05, 3.63) is 29.3 Å².